The Morgan fingerprint density at radius 1 is 1.53 bits per heavy atom. The number of carbonyl (C=O) groups is 2. The topological polar surface area (TPSA) is 49.4 Å². The Labute approximate surface area is 121 Å². The summed E-state index contributed by atoms with van der Waals surface area (Å²) in [6.45, 7) is 0.705. The lowest BCUT2D eigenvalue weighted by molar-refractivity contribution is -0.117. The van der Waals surface area contributed by atoms with Crippen LogP contribution >= 0.6 is 23.4 Å². The molecule has 4 nitrogen and oxygen atoms in total. The standard InChI is InChI=1S/C13H15ClN2O2S/c1-19-8-12(17)15-9-4-5-11(10(14)7-9)16-6-2-3-13(16)18/h4-5,7H,2-3,6,8H2,1H3,(H,15,17). The number of nitrogens with zero attached hydrogens (tertiary/aromatic N) is 1. The van der Waals surface area contributed by atoms with Crippen LogP contribution < -0.4 is 10.2 Å². The van der Waals surface area contributed by atoms with E-state index in [0.29, 0.717) is 35.1 Å². The summed E-state index contributed by atoms with van der Waals surface area (Å²) in [5.41, 5.74) is 1.37. The van der Waals surface area contributed by atoms with E-state index >= 15 is 0 Å². The summed E-state index contributed by atoms with van der Waals surface area (Å²) in [7, 11) is 0. The van der Waals surface area contributed by atoms with Crippen LogP contribution in [0.15, 0.2) is 18.2 Å². The highest BCUT2D eigenvalue weighted by Gasteiger charge is 2.23. The van der Waals surface area contributed by atoms with Gasteiger partial charge in [0.1, 0.15) is 0 Å². The summed E-state index contributed by atoms with van der Waals surface area (Å²) < 4.78 is 0. The van der Waals surface area contributed by atoms with Crippen LogP contribution in [0.1, 0.15) is 12.8 Å². The first-order valence-electron chi connectivity index (χ1n) is 6.00. The summed E-state index contributed by atoms with van der Waals surface area (Å²) in [4.78, 5) is 24.8. The van der Waals surface area contributed by atoms with Crippen molar-refractivity contribution >= 4 is 46.6 Å². The molecule has 102 valence electrons. The molecular weight excluding hydrogens is 284 g/mol. The molecule has 0 radical (unpaired) electrons. The van der Waals surface area contributed by atoms with Gasteiger partial charge in [-0.15, -0.1) is 0 Å². The number of carbonyl (C=O) groups excluding carboxylic acids is 2. The number of benzene rings is 1. The van der Waals surface area contributed by atoms with Crippen molar-refractivity contribution in [1.29, 1.82) is 0 Å². The van der Waals surface area contributed by atoms with Crippen molar-refractivity contribution in [1.82, 2.24) is 0 Å². The van der Waals surface area contributed by atoms with Crippen LogP contribution in [0.5, 0.6) is 0 Å². The van der Waals surface area contributed by atoms with Gasteiger partial charge in [0.15, 0.2) is 0 Å². The lowest BCUT2D eigenvalue weighted by Gasteiger charge is -2.18. The number of amides is 2. The second-order valence-corrected chi connectivity index (χ2v) is 5.57. The van der Waals surface area contributed by atoms with Crippen LogP contribution in [0.2, 0.25) is 5.02 Å². The molecule has 1 saturated heterocycles. The first-order chi connectivity index (χ1) is 9.11. The van der Waals surface area contributed by atoms with Gasteiger partial charge in [-0.25, -0.2) is 0 Å². The van der Waals surface area contributed by atoms with Crippen LogP contribution in [0.3, 0.4) is 0 Å². The molecule has 0 spiro atoms. The molecule has 1 heterocycles. The molecular formula is C13H15ClN2O2S. The van der Waals surface area contributed by atoms with Crippen molar-refractivity contribution < 1.29 is 9.59 Å². The molecule has 0 saturated carbocycles. The molecule has 1 aliphatic rings. The zero-order valence-electron chi connectivity index (χ0n) is 10.6. The normalized spacial score (nSPS) is 14.8. The van der Waals surface area contributed by atoms with Gasteiger partial charge in [0.2, 0.25) is 11.8 Å². The van der Waals surface area contributed by atoms with E-state index in [4.69, 9.17) is 11.6 Å². The van der Waals surface area contributed by atoms with Crippen LogP contribution in [0, 0.1) is 0 Å². The maximum absolute atomic E-state index is 11.7. The molecule has 1 aliphatic heterocycles. The third kappa shape index (κ3) is 3.42. The third-order valence-electron chi connectivity index (χ3n) is 2.87. The summed E-state index contributed by atoms with van der Waals surface area (Å²) >= 11 is 7.64. The Hall–Kier alpha value is -1.20. The summed E-state index contributed by atoms with van der Waals surface area (Å²) in [5, 5.41) is 3.25. The highest BCUT2D eigenvalue weighted by atomic mass is 35.5. The van der Waals surface area contributed by atoms with E-state index in [2.05, 4.69) is 5.32 Å². The number of rotatable bonds is 4. The molecule has 19 heavy (non-hydrogen) atoms. The van der Waals surface area contributed by atoms with E-state index in [-0.39, 0.29) is 11.8 Å². The van der Waals surface area contributed by atoms with Gasteiger partial charge in [0.25, 0.3) is 0 Å². The number of anilines is 2. The quantitative estimate of drug-likeness (QED) is 0.930. The van der Waals surface area contributed by atoms with Gasteiger partial charge >= 0.3 is 0 Å². The van der Waals surface area contributed by atoms with Crippen molar-refractivity contribution in [2.24, 2.45) is 0 Å². The summed E-state index contributed by atoms with van der Waals surface area (Å²) in [6, 6.07) is 5.23. The SMILES string of the molecule is CSCC(=O)Nc1ccc(N2CCCC2=O)c(Cl)c1. The fraction of sp³-hybridized carbons (Fsp3) is 0.385. The molecule has 6 heteroatoms. The van der Waals surface area contributed by atoms with Gasteiger partial charge in [0.05, 0.1) is 16.5 Å². The monoisotopic (exact) mass is 298 g/mol. The van der Waals surface area contributed by atoms with Crippen LogP contribution in [-0.2, 0) is 9.59 Å². The average Bonchev–Trinajstić information content (AvgIpc) is 2.76. The second-order valence-electron chi connectivity index (χ2n) is 4.30. The van der Waals surface area contributed by atoms with Crippen LogP contribution in [-0.4, -0.2) is 30.4 Å². The molecule has 1 N–H and O–H groups in total. The Morgan fingerprint density at radius 3 is 2.89 bits per heavy atom. The van der Waals surface area contributed by atoms with E-state index in [1.54, 1.807) is 23.1 Å². The van der Waals surface area contributed by atoms with Crippen LogP contribution in [0.4, 0.5) is 11.4 Å². The smallest absolute Gasteiger partial charge is 0.234 e. The largest absolute Gasteiger partial charge is 0.325 e. The Kier molecular flexibility index (Phi) is 4.71. The minimum Gasteiger partial charge on any atom is -0.325 e. The molecule has 0 atom stereocenters. The van der Waals surface area contributed by atoms with E-state index in [1.807, 2.05) is 6.26 Å². The molecule has 0 aromatic heterocycles. The Balaban J connectivity index is 2.13. The van der Waals surface area contributed by atoms with Gasteiger partial charge < -0.3 is 10.2 Å². The molecule has 1 aromatic rings. The Morgan fingerprint density at radius 2 is 2.32 bits per heavy atom. The van der Waals surface area contributed by atoms with E-state index in [1.165, 1.54) is 11.8 Å². The molecule has 1 aromatic carbocycles. The zero-order chi connectivity index (χ0) is 13.8. The molecule has 0 aliphatic carbocycles. The Bertz CT molecular complexity index is 507. The van der Waals surface area contributed by atoms with Gasteiger partial charge in [-0.05, 0) is 30.9 Å². The fourth-order valence-corrected chi connectivity index (χ4v) is 2.65. The fourth-order valence-electron chi connectivity index (χ4n) is 2.03. The number of hydrogen-bond donors (Lipinski definition) is 1. The number of halogens is 1. The molecule has 0 bridgehead atoms. The highest BCUT2D eigenvalue weighted by molar-refractivity contribution is 7.99. The predicted octanol–water partition coefficient (Wildman–Crippen LogP) is 2.77. The molecule has 0 unspecified atom stereocenters. The maximum atomic E-state index is 11.7. The van der Waals surface area contributed by atoms with Crippen molar-refractivity contribution in [3.63, 3.8) is 0 Å². The third-order valence-corrected chi connectivity index (χ3v) is 3.72. The number of thioether (sulfide) groups is 1. The van der Waals surface area contributed by atoms with Gasteiger partial charge in [-0.3, -0.25) is 9.59 Å². The van der Waals surface area contributed by atoms with Gasteiger partial charge in [0, 0.05) is 18.7 Å². The second kappa shape index (κ2) is 6.30. The molecule has 1 fully saturated rings. The van der Waals surface area contributed by atoms with Crippen molar-refractivity contribution in [2.75, 3.05) is 28.8 Å². The van der Waals surface area contributed by atoms with Crippen molar-refractivity contribution in [3.05, 3.63) is 23.2 Å². The van der Waals surface area contributed by atoms with Crippen molar-refractivity contribution in [2.45, 2.75) is 12.8 Å². The van der Waals surface area contributed by atoms with Crippen LogP contribution in [0.25, 0.3) is 0 Å². The molecule has 2 amide bonds. The summed E-state index contributed by atoms with van der Waals surface area (Å²) in [5.74, 6) is 0.443. The number of nitrogens with one attached hydrogen (secondary N) is 1. The van der Waals surface area contributed by atoms with Gasteiger partial charge in [-0.1, -0.05) is 11.6 Å². The van der Waals surface area contributed by atoms with Gasteiger partial charge in [-0.2, -0.15) is 11.8 Å². The number of hydrogen-bond acceptors (Lipinski definition) is 3. The zero-order valence-corrected chi connectivity index (χ0v) is 12.2. The first kappa shape index (κ1) is 14.2. The van der Waals surface area contributed by atoms with E-state index in [9.17, 15) is 9.59 Å². The first-order valence-corrected chi connectivity index (χ1v) is 7.77. The minimum atomic E-state index is -0.0615. The van der Waals surface area contributed by atoms with E-state index < -0.39 is 0 Å². The highest BCUT2D eigenvalue weighted by Crippen LogP contribution is 2.31. The average molecular weight is 299 g/mol. The maximum Gasteiger partial charge on any atom is 0.234 e. The molecule has 2 rings (SSSR count). The van der Waals surface area contributed by atoms with Crippen molar-refractivity contribution in [3.8, 4) is 0 Å². The minimum absolute atomic E-state index is 0.0615. The van der Waals surface area contributed by atoms with E-state index in [0.717, 1.165) is 6.42 Å². The summed E-state index contributed by atoms with van der Waals surface area (Å²) in [6.07, 6.45) is 3.30. The predicted molar refractivity (Wildman–Crippen MR) is 80.1 cm³/mol. The lowest BCUT2D eigenvalue weighted by Crippen LogP contribution is -2.24. The lowest BCUT2D eigenvalue weighted by atomic mass is 10.2.